The van der Waals surface area contributed by atoms with Crippen LogP contribution in [0.5, 0.6) is 0 Å². The molecule has 0 aliphatic carbocycles. The van der Waals surface area contributed by atoms with Crippen molar-refractivity contribution >= 4 is 15.9 Å². The second kappa shape index (κ2) is 8.24. The van der Waals surface area contributed by atoms with E-state index in [9.17, 15) is 0 Å². The number of nitrogens with two attached hydrogens (primary N) is 1. The van der Waals surface area contributed by atoms with Gasteiger partial charge in [0.2, 0.25) is 0 Å². The van der Waals surface area contributed by atoms with Gasteiger partial charge >= 0.3 is 0 Å². The topological polar surface area (TPSA) is 68.3 Å². The monoisotopic (exact) mass is 361 g/mol. The van der Waals surface area contributed by atoms with Gasteiger partial charge in [-0.25, -0.2) is 5.43 Å². The third-order valence-corrected chi connectivity index (χ3v) is 4.68. The summed E-state index contributed by atoms with van der Waals surface area (Å²) < 4.78 is 8.07. The highest BCUT2D eigenvalue weighted by molar-refractivity contribution is 9.10. The molecule has 0 saturated carbocycles. The van der Waals surface area contributed by atoms with Gasteiger partial charge in [0, 0.05) is 12.6 Å². The number of hydrogen-bond acceptors (Lipinski definition) is 5. The van der Waals surface area contributed by atoms with Crippen LogP contribution in [0.3, 0.4) is 0 Å². The van der Waals surface area contributed by atoms with Crippen LogP contribution in [0.15, 0.2) is 10.7 Å². The number of hydrogen-bond donors (Lipinski definition) is 2. The van der Waals surface area contributed by atoms with Crippen molar-refractivity contribution in [3.05, 3.63) is 16.4 Å². The van der Waals surface area contributed by atoms with Crippen LogP contribution in [-0.2, 0) is 11.3 Å². The van der Waals surface area contributed by atoms with Crippen molar-refractivity contribution in [2.75, 3.05) is 26.8 Å². The van der Waals surface area contributed by atoms with Crippen LogP contribution < -0.4 is 11.3 Å². The summed E-state index contributed by atoms with van der Waals surface area (Å²) >= 11 is 3.60. The number of halogens is 1. The summed E-state index contributed by atoms with van der Waals surface area (Å²) in [6.07, 6.45) is 1.81. The standard InChI is InChI=1S/C14H28BrN5O/c1-6-19(7-2)14(3,4)13(18-16)12-11(15)10-17-20(12)8-9-21-5/h10,13,18H,6-9,16H2,1-5H3. The number of nitrogens with zero attached hydrogens (tertiary/aromatic N) is 3. The molecule has 1 rings (SSSR count). The Balaban J connectivity index is 3.17. The fourth-order valence-corrected chi connectivity index (χ4v) is 3.38. The summed E-state index contributed by atoms with van der Waals surface area (Å²) in [5.41, 5.74) is 3.88. The maximum absolute atomic E-state index is 5.89. The summed E-state index contributed by atoms with van der Waals surface area (Å²) in [4.78, 5) is 2.39. The van der Waals surface area contributed by atoms with Crippen LogP contribution in [0.25, 0.3) is 0 Å². The van der Waals surface area contributed by atoms with E-state index in [4.69, 9.17) is 10.6 Å². The molecule has 0 spiro atoms. The van der Waals surface area contributed by atoms with Gasteiger partial charge in [-0.05, 0) is 42.9 Å². The quantitative estimate of drug-likeness (QED) is 0.519. The lowest BCUT2D eigenvalue weighted by molar-refractivity contribution is 0.0860. The molecule has 0 fully saturated rings. The predicted molar refractivity (Wildman–Crippen MR) is 88.9 cm³/mol. The third-order valence-electron chi connectivity index (χ3n) is 4.07. The largest absolute Gasteiger partial charge is 0.383 e. The molecule has 1 atom stereocenters. The van der Waals surface area contributed by atoms with Crippen LogP contribution in [-0.4, -0.2) is 47.0 Å². The first-order valence-electron chi connectivity index (χ1n) is 7.35. The minimum Gasteiger partial charge on any atom is -0.383 e. The van der Waals surface area contributed by atoms with Gasteiger partial charge in [-0.2, -0.15) is 5.10 Å². The molecule has 0 radical (unpaired) electrons. The van der Waals surface area contributed by atoms with Gasteiger partial charge in [-0.15, -0.1) is 0 Å². The molecule has 6 nitrogen and oxygen atoms in total. The number of ether oxygens (including phenoxy) is 1. The summed E-state index contributed by atoms with van der Waals surface area (Å²) in [6.45, 7) is 12.0. The minimum absolute atomic E-state index is 0.0499. The van der Waals surface area contributed by atoms with E-state index in [1.165, 1.54) is 0 Å². The average molecular weight is 362 g/mol. The van der Waals surface area contributed by atoms with E-state index in [-0.39, 0.29) is 11.6 Å². The van der Waals surface area contributed by atoms with Crippen LogP contribution in [0, 0.1) is 0 Å². The van der Waals surface area contributed by atoms with Crippen molar-refractivity contribution in [3.8, 4) is 0 Å². The lowest BCUT2D eigenvalue weighted by Gasteiger charge is -2.43. The van der Waals surface area contributed by atoms with E-state index < -0.39 is 0 Å². The Labute approximate surface area is 136 Å². The Morgan fingerprint density at radius 1 is 1.48 bits per heavy atom. The number of nitrogens with one attached hydrogen (secondary N) is 1. The smallest absolute Gasteiger partial charge is 0.0818 e. The van der Waals surface area contributed by atoms with Crippen LogP contribution in [0.1, 0.15) is 39.4 Å². The Morgan fingerprint density at radius 2 is 2.10 bits per heavy atom. The number of aromatic nitrogens is 2. The van der Waals surface area contributed by atoms with Crippen molar-refractivity contribution < 1.29 is 4.74 Å². The molecular formula is C14H28BrN5O. The predicted octanol–water partition coefficient (Wildman–Crippen LogP) is 1.92. The molecule has 0 bridgehead atoms. The van der Waals surface area contributed by atoms with Crippen molar-refractivity contribution in [3.63, 3.8) is 0 Å². The highest BCUT2D eigenvalue weighted by Gasteiger charge is 2.37. The van der Waals surface area contributed by atoms with E-state index in [1.807, 2.05) is 10.9 Å². The normalized spacial score (nSPS) is 13.9. The van der Waals surface area contributed by atoms with Crippen molar-refractivity contribution in [1.29, 1.82) is 0 Å². The third kappa shape index (κ3) is 4.04. The first-order chi connectivity index (χ1) is 9.93. The second-order valence-corrected chi connectivity index (χ2v) is 6.37. The minimum atomic E-state index is -0.147. The van der Waals surface area contributed by atoms with Crippen LogP contribution in [0.2, 0.25) is 0 Å². The Bertz CT molecular complexity index is 431. The lowest BCUT2D eigenvalue weighted by atomic mass is 9.90. The molecule has 7 heteroatoms. The zero-order valence-corrected chi connectivity index (χ0v) is 15.3. The molecular weight excluding hydrogens is 334 g/mol. The second-order valence-electron chi connectivity index (χ2n) is 5.52. The Kier molecular flexibility index (Phi) is 7.29. The van der Waals surface area contributed by atoms with E-state index in [1.54, 1.807) is 7.11 Å². The number of rotatable bonds is 9. The Morgan fingerprint density at radius 3 is 2.57 bits per heavy atom. The molecule has 0 amide bonds. The zero-order valence-electron chi connectivity index (χ0n) is 13.7. The fraction of sp³-hybridized carbons (Fsp3) is 0.786. The molecule has 0 aliphatic rings. The molecule has 21 heavy (non-hydrogen) atoms. The molecule has 122 valence electrons. The molecule has 0 aliphatic heterocycles. The van der Waals surface area contributed by atoms with Gasteiger partial charge in [-0.1, -0.05) is 13.8 Å². The molecule has 1 unspecified atom stereocenters. The van der Waals surface area contributed by atoms with Crippen molar-refractivity contribution in [2.45, 2.75) is 45.8 Å². The van der Waals surface area contributed by atoms with E-state index in [0.29, 0.717) is 13.2 Å². The van der Waals surface area contributed by atoms with Crippen molar-refractivity contribution in [1.82, 2.24) is 20.1 Å². The molecule has 3 N–H and O–H groups in total. The van der Waals surface area contributed by atoms with Gasteiger partial charge in [0.1, 0.15) is 0 Å². The highest BCUT2D eigenvalue weighted by atomic mass is 79.9. The lowest BCUT2D eigenvalue weighted by Crippen LogP contribution is -2.54. The first-order valence-corrected chi connectivity index (χ1v) is 8.14. The maximum atomic E-state index is 5.89. The van der Waals surface area contributed by atoms with Gasteiger partial charge in [0.25, 0.3) is 0 Å². The molecule has 1 aromatic rings. The van der Waals surface area contributed by atoms with Crippen LogP contribution in [0.4, 0.5) is 0 Å². The molecule has 0 saturated heterocycles. The molecule has 1 aromatic heterocycles. The maximum Gasteiger partial charge on any atom is 0.0818 e. The van der Waals surface area contributed by atoms with Crippen LogP contribution >= 0.6 is 15.9 Å². The van der Waals surface area contributed by atoms with Gasteiger partial charge in [0.05, 0.1) is 35.6 Å². The highest BCUT2D eigenvalue weighted by Crippen LogP contribution is 2.34. The number of hydrazine groups is 1. The number of likely N-dealkylation sites (N-methyl/N-ethyl adjacent to an activating group) is 1. The van der Waals surface area contributed by atoms with Gasteiger partial charge in [0.15, 0.2) is 0 Å². The van der Waals surface area contributed by atoms with E-state index >= 15 is 0 Å². The summed E-state index contributed by atoms with van der Waals surface area (Å²) in [6, 6.07) is -0.0499. The number of methoxy groups -OCH3 is 1. The SMILES string of the molecule is CCN(CC)C(C)(C)C(NN)c1c(Br)cnn1CCOC. The average Bonchev–Trinajstić information content (AvgIpc) is 2.80. The Hall–Kier alpha value is -0.470. The van der Waals surface area contributed by atoms with Crippen molar-refractivity contribution in [2.24, 2.45) is 5.84 Å². The molecule has 0 aromatic carbocycles. The summed E-state index contributed by atoms with van der Waals surface area (Å²) in [5.74, 6) is 5.89. The summed E-state index contributed by atoms with van der Waals surface area (Å²) in [7, 11) is 1.69. The van der Waals surface area contributed by atoms with E-state index in [2.05, 4.69) is 59.0 Å². The van der Waals surface area contributed by atoms with E-state index in [0.717, 1.165) is 23.3 Å². The molecule has 1 heterocycles. The van der Waals surface area contributed by atoms with Gasteiger partial charge in [-0.3, -0.25) is 15.4 Å². The fourth-order valence-electron chi connectivity index (χ4n) is 2.85. The summed E-state index contributed by atoms with van der Waals surface area (Å²) in [5, 5.41) is 4.42. The zero-order chi connectivity index (χ0) is 16.0. The van der Waals surface area contributed by atoms with Gasteiger partial charge < -0.3 is 4.74 Å². The first kappa shape index (κ1) is 18.6.